The van der Waals surface area contributed by atoms with Gasteiger partial charge >= 0.3 is 13.5 Å². The molecule has 0 saturated carbocycles. The average molecular weight is 85.9 g/mol. The van der Waals surface area contributed by atoms with Crippen LogP contribution in [0.25, 0.3) is 0 Å². The smallest absolute Gasteiger partial charge is 0.385 e. The van der Waals surface area contributed by atoms with Gasteiger partial charge in [0.25, 0.3) is 0 Å². The molecule has 0 radical (unpaired) electrons. The molecule has 0 aromatic heterocycles. The van der Waals surface area contributed by atoms with Gasteiger partial charge in [-0.3, -0.25) is 4.79 Å². The summed E-state index contributed by atoms with van der Waals surface area (Å²) in [4.78, 5) is 9.76. The number of carbonyl (C=O) groups excluding carboxylic acids is 1. The molecule has 32 valence electrons. The topological polar surface area (TPSA) is 46.5 Å². The Morgan fingerprint density at radius 3 is 2.50 bits per heavy atom. The first-order chi connectivity index (χ1) is 2.80. The number of rotatable bonds is 0. The molecule has 1 unspecified atom stereocenters. The van der Waals surface area contributed by atoms with Crippen LogP contribution in [0.5, 0.6) is 0 Å². The molecular formula is C2H3BO3. The third-order valence-corrected chi connectivity index (χ3v) is 0.656. The van der Waals surface area contributed by atoms with Crippen LogP contribution in [0.3, 0.4) is 0 Å². The average Bonchev–Trinajstić information content (AvgIpc) is 1.61. The fraction of sp³-hybridized carbons (Fsp3) is 0.500. The van der Waals surface area contributed by atoms with Crippen LogP contribution in [0.4, 0.5) is 0 Å². The molecule has 4 heteroatoms. The Morgan fingerprint density at radius 2 is 2.50 bits per heavy atom. The Kier molecular flexibility index (Phi) is 0.599. The second-order valence-electron chi connectivity index (χ2n) is 1.15. The molecule has 1 aliphatic rings. The highest BCUT2D eigenvalue weighted by Gasteiger charge is 2.30. The lowest BCUT2D eigenvalue weighted by atomic mass is 9.84. The third kappa shape index (κ3) is 0.301. The van der Waals surface area contributed by atoms with Crippen molar-refractivity contribution < 1.29 is 14.6 Å². The van der Waals surface area contributed by atoms with E-state index in [-0.39, 0.29) is 7.48 Å². The largest absolute Gasteiger partial charge is 0.535 e. The van der Waals surface area contributed by atoms with Gasteiger partial charge < -0.3 is 9.76 Å². The van der Waals surface area contributed by atoms with E-state index in [1.165, 1.54) is 0 Å². The van der Waals surface area contributed by atoms with E-state index >= 15 is 0 Å². The first-order valence-electron chi connectivity index (χ1n) is 1.65. The molecule has 1 atom stereocenters. The van der Waals surface area contributed by atoms with Crippen molar-refractivity contribution in [2.75, 3.05) is 0 Å². The van der Waals surface area contributed by atoms with Crippen LogP contribution < -0.4 is 0 Å². The first kappa shape index (κ1) is 3.68. The predicted octanol–water partition coefficient (Wildman–Crippen LogP) is -1.79. The zero-order chi connectivity index (χ0) is 4.57. The maximum atomic E-state index is 9.76. The van der Waals surface area contributed by atoms with Crippen molar-refractivity contribution in [2.24, 2.45) is 0 Å². The van der Waals surface area contributed by atoms with E-state index in [9.17, 15) is 4.79 Å². The summed E-state index contributed by atoms with van der Waals surface area (Å²) in [6.07, 6.45) is 0. The molecule has 0 aliphatic carbocycles. The molecule has 1 N–H and O–H groups in total. The fourth-order valence-electron chi connectivity index (χ4n) is 0.226. The summed E-state index contributed by atoms with van der Waals surface area (Å²) < 4.78 is 4.15. The highest BCUT2D eigenvalue weighted by molar-refractivity contribution is 6.46. The van der Waals surface area contributed by atoms with Crippen molar-refractivity contribution in [3.05, 3.63) is 0 Å². The Hall–Kier alpha value is -0.505. The third-order valence-electron chi connectivity index (χ3n) is 0.656. The Morgan fingerprint density at radius 1 is 2.00 bits per heavy atom. The van der Waals surface area contributed by atoms with Gasteiger partial charge in [-0.25, -0.2) is 0 Å². The number of hydrogen-bond donors (Lipinski definition) is 1. The maximum absolute atomic E-state index is 9.76. The SMILES string of the molecule is O=C1OBC1O. The molecule has 0 aromatic carbocycles. The van der Waals surface area contributed by atoms with E-state index in [0.29, 0.717) is 0 Å². The molecule has 0 amide bonds. The summed E-state index contributed by atoms with van der Waals surface area (Å²) in [6.45, 7) is 0. The van der Waals surface area contributed by atoms with Crippen molar-refractivity contribution in [3.8, 4) is 0 Å². The lowest BCUT2D eigenvalue weighted by molar-refractivity contribution is -0.147. The van der Waals surface area contributed by atoms with Gasteiger partial charge in [0, 0.05) is 0 Å². The van der Waals surface area contributed by atoms with Crippen molar-refractivity contribution >= 4 is 13.5 Å². The van der Waals surface area contributed by atoms with Gasteiger partial charge in [-0.15, -0.1) is 0 Å². The normalized spacial score (nSPS) is 30.2. The Bertz CT molecular complexity index is 80.9. The summed E-state index contributed by atoms with van der Waals surface area (Å²) in [7, 11) is 0.179. The molecule has 1 fully saturated rings. The molecule has 0 aromatic rings. The van der Waals surface area contributed by atoms with Gasteiger partial charge in [0.2, 0.25) is 0 Å². The first-order valence-corrected chi connectivity index (χ1v) is 1.65. The van der Waals surface area contributed by atoms with E-state index in [1.54, 1.807) is 0 Å². The van der Waals surface area contributed by atoms with Crippen LogP contribution >= 0.6 is 0 Å². The molecule has 1 rings (SSSR count). The number of aliphatic hydroxyl groups excluding tert-OH is 1. The summed E-state index contributed by atoms with van der Waals surface area (Å²) in [5.41, 5.74) is 0. The summed E-state index contributed by atoms with van der Waals surface area (Å²) in [5.74, 6) is -0.505. The molecule has 6 heavy (non-hydrogen) atoms. The molecule has 0 bridgehead atoms. The summed E-state index contributed by atoms with van der Waals surface area (Å²) in [6, 6.07) is -0.829. The van der Waals surface area contributed by atoms with Gasteiger partial charge in [0.15, 0.2) is 6.00 Å². The highest BCUT2D eigenvalue weighted by Crippen LogP contribution is 1.96. The molecule has 0 spiro atoms. The van der Waals surface area contributed by atoms with Crippen molar-refractivity contribution in [3.63, 3.8) is 0 Å². The minimum atomic E-state index is -0.829. The molecular weight excluding hydrogens is 82.8 g/mol. The number of aliphatic hydroxyl groups is 1. The molecule has 1 heterocycles. The van der Waals surface area contributed by atoms with Crippen molar-refractivity contribution in [2.45, 2.75) is 6.00 Å². The lowest BCUT2D eigenvalue weighted by Crippen LogP contribution is -2.43. The van der Waals surface area contributed by atoms with Gasteiger partial charge in [0.05, 0.1) is 0 Å². The van der Waals surface area contributed by atoms with Crippen LogP contribution in [-0.4, -0.2) is 24.6 Å². The van der Waals surface area contributed by atoms with Crippen LogP contribution in [0.15, 0.2) is 0 Å². The van der Waals surface area contributed by atoms with E-state index in [4.69, 9.17) is 5.11 Å². The second-order valence-corrected chi connectivity index (χ2v) is 1.15. The minimum Gasteiger partial charge on any atom is -0.535 e. The van der Waals surface area contributed by atoms with Gasteiger partial charge in [-0.05, 0) is 0 Å². The monoisotopic (exact) mass is 86.0 g/mol. The zero-order valence-electron chi connectivity index (χ0n) is 3.05. The van der Waals surface area contributed by atoms with Gasteiger partial charge in [0.1, 0.15) is 0 Å². The standard InChI is InChI=1S/C2H3BO3/c4-1-2(5)6-3-1/h1,3-4H. The maximum Gasteiger partial charge on any atom is 0.385 e. The van der Waals surface area contributed by atoms with Gasteiger partial charge in [-0.2, -0.15) is 0 Å². The second kappa shape index (κ2) is 0.977. The lowest BCUT2D eigenvalue weighted by Gasteiger charge is -2.16. The Labute approximate surface area is 35.2 Å². The van der Waals surface area contributed by atoms with E-state index in [0.717, 1.165) is 0 Å². The molecule has 1 saturated heterocycles. The minimum absolute atomic E-state index is 0.179. The fourth-order valence-corrected chi connectivity index (χ4v) is 0.226. The number of carbonyl (C=O) groups is 1. The highest BCUT2D eigenvalue weighted by atomic mass is 16.5. The van der Waals surface area contributed by atoms with Crippen LogP contribution in [0.1, 0.15) is 0 Å². The van der Waals surface area contributed by atoms with E-state index in [2.05, 4.69) is 4.65 Å². The quantitative estimate of drug-likeness (QED) is 0.354. The van der Waals surface area contributed by atoms with Crippen molar-refractivity contribution in [1.82, 2.24) is 0 Å². The summed E-state index contributed by atoms with van der Waals surface area (Å²) >= 11 is 0. The predicted molar refractivity (Wildman–Crippen MR) is 19.2 cm³/mol. The molecule has 3 nitrogen and oxygen atoms in total. The van der Waals surface area contributed by atoms with Crippen molar-refractivity contribution in [1.29, 1.82) is 0 Å². The zero-order valence-corrected chi connectivity index (χ0v) is 3.05. The van der Waals surface area contributed by atoms with E-state index in [1.807, 2.05) is 0 Å². The Balaban J connectivity index is 2.39. The van der Waals surface area contributed by atoms with Crippen LogP contribution in [0, 0.1) is 0 Å². The number of hydrogen-bond acceptors (Lipinski definition) is 3. The van der Waals surface area contributed by atoms with Crippen LogP contribution in [-0.2, 0) is 9.45 Å². The van der Waals surface area contributed by atoms with E-state index < -0.39 is 12.0 Å². The van der Waals surface area contributed by atoms with Crippen LogP contribution in [0.2, 0.25) is 0 Å². The van der Waals surface area contributed by atoms with Gasteiger partial charge in [-0.1, -0.05) is 0 Å². The summed E-state index contributed by atoms with van der Waals surface area (Å²) in [5, 5.41) is 8.24. The molecule has 1 aliphatic heterocycles.